The third-order valence-corrected chi connectivity index (χ3v) is 6.78. The molecule has 4 rings (SSSR count). The molecule has 0 aliphatic carbocycles. The number of methoxy groups -OCH3 is 1. The van der Waals surface area contributed by atoms with E-state index >= 15 is 0 Å². The second-order valence-electron chi connectivity index (χ2n) is 6.19. The van der Waals surface area contributed by atoms with Crippen LogP contribution < -0.4 is 4.74 Å². The second kappa shape index (κ2) is 9.11. The Kier molecular flexibility index (Phi) is 6.32. The second-order valence-corrected chi connectivity index (χ2v) is 8.91. The molecule has 0 saturated heterocycles. The molecule has 0 aliphatic heterocycles. The van der Waals surface area contributed by atoms with E-state index in [-0.39, 0.29) is 0 Å². The van der Waals surface area contributed by atoms with Crippen molar-refractivity contribution in [2.45, 2.75) is 24.4 Å². The van der Waals surface area contributed by atoms with Crippen LogP contribution in [-0.2, 0) is 12.3 Å². The van der Waals surface area contributed by atoms with E-state index in [2.05, 4.69) is 55.1 Å². The number of hydrogen-bond acceptors (Lipinski definition) is 6. The molecule has 4 aromatic rings. The monoisotopic (exact) mass is 486 g/mol. The molecule has 148 valence electrons. The van der Waals surface area contributed by atoms with Gasteiger partial charge in [-0.05, 0) is 25.1 Å². The summed E-state index contributed by atoms with van der Waals surface area (Å²) in [6, 6.07) is 16.1. The molecule has 0 atom stereocenters. The van der Waals surface area contributed by atoms with Gasteiger partial charge in [0.25, 0.3) is 0 Å². The molecule has 2 heterocycles. The number of nitrogens with zero attached hydrogens (tertiary/aromatic N) is 4. The van der Waals surface area contributed by atoms with Crippen LogP contribution in [0.2, 0.25) is 0 Å². The molecule has 0 radical (unpaired) electrons. The van der Waals surface area contributed by atoms with Crippen LogP contribution in [0.5, 0.6) is 5.75 Å². The van der Waals surface area contributed by atoms with E-state index in [0.29, 0.717) is 0 Å². The molecular formula is C21H19BrN4OS2. The highest BCUT2D eigenvalue weighted by Gasteiger charge is 2.15. The molecule has 0 aliphatic rings. The molecule has 29 heavy (non-hydrogen) atoms. The minimum atomic E-state index is 0.736. The van der Waals surface area contributed by atoms with E-state index in [1.54, 1.807) is 30.2 Å². The number of rotatable bonds is 7. The lowest BCUT2D eigenvalue weighted by atomic mass is 10.2. The van der Waals surface area contributed by atoms with Crippen molar-refractivity contribution in [3.63, 3.8) is 0 Å². The van der Waals surface area contributed by atoms with Crippen molar-refractivity contribution in [3.8, 4) is 27.7 Å². The smallest absolute Gasteiger partial charge is 0.191 e. The summed E-state index contributed by atoms with van der Waals surface area (Å²) in [6.45, 7) is 2.93. The first-order valence-corrected chi connectivity index (χ1v) is 11.7. The highest BCUT2D eigenvalue weighted by molar-refractivity contribution is 9.10. The van der Waals surface area contributed by atoms with Crippen molar-refractivity contribution < 1.29 is 4.74 Å². The Hall–Kier alpha value is -2.16. The topological polar surface area (TPSA) is 52.8 Å². The van der Waals surface area contributed by atoms with E-state index in [4.69, 9.17) is 9.72 Å². The Labute approximate surface area is 186 Å². The zero-order chi connectivity index (χ0) is 20.2. The van der Waals surface area contributed by atoms with Gasteiger partial charge in [0.05, 0.1) is 18.4 Å². The minimum absolute atomic E-state index is 0.736. The third kappa shape index (κ3) is 4.39. The summed E-state index contributed by atoms with van der Waals surface area (Å²) in [5, 5.41) is 12.8. The standard InChI is InChI=1S/C21H19BrN4OS2/c1-3-26-19(14-7-5-4-6-8-14)24-25-21(26)29-13-16-12-28-20(23-16)17-11-15(22)9-10-18(17)27-2/h4-12H,3,13H2,1-2H3. The van der Waals surface area contributed by atoms with Crippen molar-refractivity contribution in [2.24, 2.45) is 0 Å². The normalized spacial score (nSPS) is 11.0. The quantitative estimate of drug-likeness (QED) is 0.293. The molecule has 0 amide bonds. The fourth-order valence-electron chi connectivity index (χ4n) is 2.96. The predicted octanol–water partition coefficient (Wildman–Crippen LogP) is 6.15. The fraction of sp³-hybridized carbons (Fsp3) is 0.190. The Balaban J connectivity index is 1.53. The predicted molar refractivity (Wildman–Crippen MR) is 122 cm³/mol. The summed E-state index contributed by atoms with van der Waals surface area (Å²) in [6.07, 6.45) is 0. The molecule has 0 N–H and O–H groups in total. The zero-order valence-electron chi connectivity index (χ0n) is 16.0. The van der Waals surface area contributed by atoms with Crippen molar-refractivity contribution in [3.05, 3.63) is 64.1 Å². The van der Waals surface area contributed by atoms with Gasteiger partial charge in [-0.3, -0.25) is 0 Å². The van der Waals surface area contributed by atoms with Crippen LogP contribution in [0, 0.1) is 0 Å². The largest absolute Gasteiger partial charge is 0.496 e. The van der Waals surface area contributed by atoms with Gasteiger partial charge < -0.3 is 9.30 Å². The number of halogens is 1. The van der Waals surface area contributed by atoms with Crippen LogP contribution in [0.1, 0.15) is 12.6 Å². The maximum atomic E-state index is 5.49. The summed E-state index contributed by atoms with van der Waals surface area (Å²) in [7, 11) is 1.68. The SMILES string of the molecule is CCn1c(SCc2csc(-c3cc(Br)ccc3OC)n2)nnc1-c1ccccc1. The van der Waals surface area contributed by atoms with Gasteiger partial charge in [0.2, 0.25) is 0 Å². The first-order valence-electron chi connectivity index (χ1n) is 9.09. The third-order valence-electron chi connectivity index (χ3n) is 4.36. The highest BCUT2D eigenvalue weighted by atomic mass is 79.9. The van der Waals surface area contributed by atoms with Gasteiger partial charge in [-0.1, -0.05) is 58.0 Å². The van der Waals surface area contributed by atoms with Crippen LogP contribution in [0.3, 0.4) is 0 Å². The number of thioether (sulfide) groups is 1. The number of benzene rings is 2. The minimum Gasteiger partial charge on any atom is -0.496 e. The lowest BCUT2D eigenvalue weighted by molar-refractivity contribution is 0.416. The number of aromatic nitrogens is 4. The Bertz CT molecular complexity index is 1110. The molecule has 0 fully saturated rings. The van der Waals surface area contributed by atoms with Crippen LogP contribution in [-0.4, -0.2) is 26.9 Å². The summed E-state index contributed by atoms with van der Waals surface area (Å²) in [5.74, 6) is 2.45. The zero-order valence-corrected chi connectivity index (χ0v) is 19.2. The van der Waals surface area contributed by atoms with Crippen molar-refractivity contribution in [1.82, 2.24) is 19.7 Å². The molecule has 8 heteroatoms. The van der Waals surface area contributed by atoms with E-state index in [0.717, 1.165) is 55.3 Å². The highest BCUT2D eigenvalue weighted by Crippen LogP contribution is 2.35. The van der Waals surface area contributed by atoms with Crippen molar-refractivity contribution >= 4 is 39.0 Å². The van der Waals surface area contributed by atoms with Gasteiger partial charge in [-0.25, -0.2) is 4.98 Å². The molecule has 0 spiro atoms. The van der Waals surface area contributed by atoms with Crippen LogP contribution in [0.25, 0.3) is 22.0 Å². The first kappa shape index (κ1) is 20.1. The Morgan fingerprint density at radius 3 is 2.72 bits per heavy atom. The molecular weight excluding hydrogens is 468 g/mol. The maximum Gasteiger partial charge on any atom is 0.191 e. The lowest BCUT2D eigenvalue weighted by Crippen LogP contribution is -1.99. The Morgan fingerprint density at radius 1 is 1.14 bits per heavy atom. The molecule has 0 bridgehead atoms. The summed E-state index contributed by atoms with van der Waals surface area (Å²) < 4.78 is 8.63. The van der Waals surface area contributed by atoms with Gasteiger partial charge in [-0.2, -0.15) is 0 Å². The number of thiazole rings is 1. The van der Waals surface area contributed by atoms with E-state index < -0.39 is 0 Å². The lowest BCUT2D eigenvalue weighted by Gasteiger charge is -2.07. The Morgan fingerprint density at radius 2 is 1.97 bits per heavy atom. The number of hydrogen-bond donors (Lipinski definition) is 0. The van der Waals surface area contributed by atoms with E-state index in [1.165, 1.54) is 0 Å². The molecule has 2 aromatic heterocycles. The fourth-order valence-corrected chi connectivity index (χ4v) is 5.17. The maximum absolute atomic E-state index is 5.49. The molecule has 2 aromatic carbocycles. The number of ether oxygens (including phenoxy) is 1. The molecule has 0 unspecified atom stereocenters. The van der Waals surface area contributed by atoms with Crippen LogP contribution in [0.15, 0.2) is 63.5 Å². The van der Waals surface area contributed by atoms with E-state index in [1.807, 2.05) is 36.4 Å². The van der Waals surface area contributed by atoms with Crippen LogP contribution >= 0.6 is 39.0 Å². The van der Waals surface area contributed by atoms with Gasteiger partial charge in [-0.15, -0.1) is 21.5 Å². The van der Waals surface area contributed by atoms with E-state index in [9.17, 15) is 0 Å². The van der Waals surface area contributed by atoms with Crippen molar-refractivity contribution in [2.75, 3.05) is 7.11 Å². The average molecular weight is 487 g/mol. The molecule has 5 nitrogen and oxygen atoms in total. The summed E-state index contributed by atoms with van der Waals surface area (Å²) >= 11 is 6.80. The average Bonchev–Trinajstić information content (AvgIpc) is 3.39. The van der Waals surface area contributed by atoms with Crippen molar-refractivity contribution in [1.29, 1.82) is 0 Å². The summed E-state index contributed by atoms with van der Waals surface area (Å²) in [5.41, 5.74) is 3.08. The first-order chi connectivity index (χ1) is 14.2. The van der Waals surface area contributed by atoms with Gasteiger partial charge in [0.15, 0.2) is 11.0 Å². The van der Waals surface area contributed by atoms with Gasteiger partial charge >= 0.3 is 0 Å². The van der Waals surface area contributed by atoms with Gasteiger partial charge in [0.1, 0.15) is 10.8 Å². The van der Waals surface area contributed by atoms with Gasteiger partial charge in [0, 0.05) is 27.7 Å². The summed E-state index contributed by atoms with van der Waals surface area (Å²) in [4.78, 5) is 4.81. The molecule has 0 saturated carbocycles. The van der Waals surface area contributed by atoms with Crippen LogP contribution in [0.4, 0.5) is 0 Å².